The molecule has 2 heteroatoms. The maximum Gasteiger partial charge on any atom is 0.305 e. The number of methoxy groups -OCH3 is 1. The molecule has 0 aliphatic rings. The fourth-order valence-electron chi connectivity index (χ4n) is 2.18. The fourth-order valence-corrected chi connectivity index (χ4v) is 2.18. The van der Waals surface area contributed by atoms with Gasteiger partial charge in [-0.1, -0.05) is 83.9 Å². The topological polar surface area (TPSA) is 26.3 Å². The van der Waals surface area contributed by atoms with E-state index < -0.39 is 19.2 Å². The molecule has 0 bridgehead atoms. The molecule has 0 heterocycles. The molecule has 0 amide bonds. The smallest absolute Gasteiger partial charge is 0.305 e. The Morgan fingerprint density at radius 1 is 0.842 bits per heavy atom. The number of rotatable bonds is 14. The lowest BCUT2D eigenvalue weighted by Gasteiger charge is -2.03. The number of carbonyl (C=O) groups is 1. The molecule has 0 aromatic rings. The molecule has 19 heavy (non-hydrogen) atoms. The number of ether oxygens (including phenoxy) is 1. The van der Waals surface area contributed by atoms with Crippen molar-refractivity contribution in [2.75, 3.05) is 7.11 Å². The van der Waals surface area contributed by atoms with Crippen molar-refractivity contribution in [2.45, 2.75) is 96.7 Å². The third-order valence-corrected chi connectivity index (χ3v) is 3.42. The summed E-state index contributed by atoms with van der Waals surface area (Å²) < 4.78 is 26.3. The number of esters is 1. The normalized spacial score (nSPS) is 14.7. The standard InChI is InChI=1S/C17H34O2/c1-3-4-5-6-7-8-9-10-11-12-13-14-15-16-17(18)19-2/h3-16H2,1-2H3/i1D2,16D. The Labute approximate surface area is 124 Å². The van der Waals surface area contributed by atoms with E-state index in [0.29, 0.717) is 6.42 Å². The fraction of sp³-hybridized carbons (Fsp3) is 0.941. The van der Waals surface area contributed by atoms with Gasteiger partial charge < -0.3 is 4.74 Å². The summed E-state index contributed by atoms with van der Waals surface area (Å²) in [7, 11) is 1.34. The summed E-state index contributed by atoms with van der Waals surface area (Å²) in [5, 5.41) is 0. The monoisotopic (exact) mass is 273 g/mol. The average Bonchev–Trinajstić information content (AvgIpc) is 2.50. The van der Waals surface area contributed by atoms with Crippen LogP contribution < -0.4 is 0 Å². The quantitative estimate of drug-likeness (QED) is 0.302. The first-order chi connectivity index (χ1) is 10.6. The van der Waals surface area contributed by atoms with Gasteiger partial charge in [0.05, 0.1) is 7.11 Å². The lowest BCUT2D eigenvalue weighted by Crippen LogP contribution is -1.99. The predicted octanol–water partition coefficient (Wildman–Crippen LogP) is 5.64. The summed E-state index contributed by atoms with van der Waals surface area (Å²) in [6, 6.07) is 0. The molecule has 0 aromatic heterocycles. The summed E-state index contributed by atoms with van der Waals surface area (Å²) in [5.74, 6) is -0.416. The number of unbranched alkanes of at least 4 members (excludes halogenated alkanes) is 10. The second kappa shape index (κ2) is 15.5. The van der Waals surface area contributed by atoms with Crippen molar-refractivity contribution in [1.82, 2.24) is 0 Å². The van der Waals surface area contributed by atoms with Crippen molar-refractivity contribution in [1.29, 1.82) is 0 Å². The molecule has 0 N–H and O–H groups in total. The van der Waals surface area contributed by atoms with Gasteiger partial charge in [0, 0.05) is 10.5 Å². The van der Waals surface area contributed by atoms with Gasteiger partial charge in [-0.25, -0.2) is 0 Å². The zero-order valence-electron chi connectivity index (χ0n) is 15.7. The maximum absolute atomic E-state index is 11.0. The molecule has 0 fully saturated rings. The Morgan fingerprint density at radius 2 is 1.26 bits per heavy atom. The number of carbonyl (C=O) groups excluding carboxylic acids is 1. The summed E-state index contributed by atoms with van der Waals surface area (Å²) in [5.41, 5.74) is 0. The molecule has 0 saturated heterocycles. The van der Waals surface area contributed by atoms with E-state index in [1.165, 1.54) is 58.5 Å². The molecule has 0 radical (unpaired) electrons. The Hall–Kier alpha value is -0.530. The summed E-state index contributed by atoms with van der Waals surface area (Å²) in [6.07, 6.45) is 13.7. The Bertz CT molecular complexity index is 260. The molecule has 2 nitrogen and oxygen atoms in total. The third kappa shape index (κ3) is 15.4. The van der Waals surface area contributed by atoms with E-state index in [1.807, 2.05) is 0 Å². The summed E-state index contributed by atoms with van der Waals surface area (Å²) >= 11 is 0. The van der Waals surface area contributed by atoms with Gasteiger partial charge in [0.25, 0.3) is 0 Å². The van der Waals surface area contributed by atoms with Crippen LogP contribution in [0.4, 0.5) is 0 Å². The highest BCUT2D eigenvalue weighted by Gasteiger charge is 1.99. The van der Waals surface area contributed by atoms with Crippen LogP contribution in [0.5, 0.6) is 0 Å². The van der Waals surface area contributed by atoms with Crippen molar-refractivity contribution in [3.8, 4) is 0 Å². The zero-order valence-corrected chi connectivity index (χ0v) is 12.7. The molecule has 0 aliphatic heterocycles. The van der Waals surface area contributed by atoms with Crippen molar-refractivity contribution in [2.24, 2.45) is 0 Å². The highest BCUT2D eigenvalue weighted by molar-refractivity contribution is 5.68. The van der Waals surface area contributed by atoms with Gasteiger partial charge in [0.15, 0.2) is 0 Å². The highest BCUT2D eigenvalue weighted by atomic mass is 16.5. The van der Waals surface area contributed by atoms with Gasteiger partial charge in [-0.2, -0.15) is 0 Å². The van der Waals surface area contributed by atoms with Crippen molar-refractivity contribution in [3.05, 3.63) is 0 Å². The molecule has 1 unspecified atom stereocenters. The minimum absolute atomic E-state index is 0.416. The molecular weight excluding hydrogens is 236 g/mol. The molecule has 114 valence electrons. The van der Waals surface area contributed by atoms with Crippen LogP contribution >= 0.6 is 0 Å². The average molecular weight is 273 g/mol. The molecule has 0 rings (SSSR count). The van der Waals surface area contributed by atoms with Gasteiger partial charge in [-0.05, 0) is 6.42 Å². The van der Waals surface area contributed by atoms with Gasteiger partial charge >= 0.3 is 5.97 Å². The van der Waals surface area contributed by atoms with E-state index in [0.717, 1.165) is 25.7 Å². The SMILES string of the molecule is [2H]C([2H])CCCCCCCCCCCCCC([2H])C(=O)OC. The van der Waals surface area contributed by atoms with Gasteiger partial charge in [-0.3, -0.25) is 4.79 Å². The van der Waals surface area contributed by atoms with E-state index in [2.05, 4.69) is 4.74 Å². The second-order valence-corrected chi connectivity index (χ2v) is 5.19. The van der Waals surface area contributed by atoms with Crippen LogP contribution in [0.3, 0.4) is 0 Å². The molecular formula is C17H34O2. The first-order valence-corrected chi connectivity index (χ1v) is 7.92. The first kappa shape index (κ1) is 13.5. The lowest BCUT2D eigenvalue weighted by molar-refractivity contribution is -0.140. The van der Waals surface area contributed by atoms with E-state index in [4.69, 9.17) is 4.11 Å². The van der Waals surface area contributed by atoms with Gasteiger partial charge in [-0.15, -0.1) is 0 Å². The van der Waals surface area contributed by atoms with Crippen molar-refractivity contribution in [3.63, 3.8) is 0 Å². The van der Waals surface area contributed by atoms with Crippen LogP contribution in [-0.4, -0.2) is 13.1 Å². The van der Waals surface area contributed by atoms with Gasteiger partial charge in [0.2, 0.25) is 0 Å². The Balaban J connectivity index is 3.13. The first-order valence-electron chi connectivity index (χ1n) is 9.65. The van der Waals surface area contributed by atoms with E-state index in [9.17, 15) is 4.79 Å². The zero-order chi connectivity index (χ0) is 16.6. The molecule has 1 atom stereocenters. The number of hydrogen-bond donors (Lipinski definition) is 0. The largest absolute Gasteiger partial charge is 0.469 e. The highest BCUT2D eigenvalue weighted by Crippen LogP contribution is 2.12. The Morgan fingerprint density at radius 3 is 1.68 bits per heavy atom. The van der Waals surface area contributed by atoms with Gasteiger partial charge in [0.1, 0.15) is 0 Å². The Kier molecular flexibility index (Phi) is 11.0. The predicted molar refractivity (Wildman–Crippen MR) is 82.3 cm³/mol. The van der Waals surface area contributed by atoms with Crippen molar-refractivity contribution >= 4 is 5.97 Å². The van der Waals surface area contributed by atoms with Crippen LogP contribution in [0.2, 0.25) is 0 Å². The van der Waals surface area contributed by atoms with Crippen molar-refractivity contribution < 1.29 is 13.6 Å². The lowest BCUT2D eigenvalue weighted by atomic mass is 10.0. The molecule has 0 spiro atoms. The van der Waals surface area contributed by atoms with Crippen LogP contribution in [0.15, 0.2) is 0 Å². The van der Waals surface area contributed by atoms with Crippen LogP contribution in [0.25, 0.3) is 0 Å². The second-order valence-electron chi connectivity index (χ2n) is 5.19. The van der Waals surface area contributed by atoms with Crippen LogP contribution in [0, 0.1) is 0 Å². The third-order valence-electron chi connectivity index (χ3n) is 3.42. The molecule has 0 aromatic carbocycles. The van der Waals surface area contributed by atoms with E-state index >= 15 is 0 Å². The van der Waals surface area contributed by atoms with E-state index in [1.54, 1.807) is 0 Å². The number of hydrogen-bond acceptors (Lipinski definition) is 2. The van der Waals surface area contributed by atoms with E-state index in [-0.39, 0.29) is 0 Å². The molecule has 0 saturated carbocycles. The van der Waals surface area contributed by atoms with Crippen LogP contribution in [-0.2, 0) is 9.53 Å². The summed E-state index contributed by atoms with van der Waals surface area (Å²) in [6.45, 7) is -0.641. The minimum Gasteiger partial charge on any atom is -0.469 e. The van der Waals surface area contributed by atoms with Crippen LogP contribution in [0.1, 0.15) is 101 Å². The maximum atomic E-state index is 11.0. The molecule has 0 aliphatic carbocycles. The minimum atomic E-state index is -0.703. The summed E-state index contributed by atoms with van der Waals surface area (Å²) in [4.78, 5) is 11.0.